The molecular formula is C7H9N4NaO3S. The molecule has 82 valence electrons. The van der Waals surface area contributed by atoms with Crippen LogP contribution in [-0.2, 0) is 16.6 Å². The zero-order valence-corrected chi connectivity index (χ0v) is 11.8. The minimum Gasteiger partial charge on any atom is -0.560 e. The van der Waals surface area contributed by atoms with E-state index in [0.717, 1.165) is 6.20 Å². The molecule has 0 spiro atoms. The first-order valence-corrected chi connectivity index (χ1v) is 5.70. The fourth-order valence-corrected chi connectivity index (χ4v) is 2.11. The normalized spacial score (nSPS) is 15.6. The maximum atomic E-state index is 11.7. The molecule has 0 saturated carbocycles. The van der Waals surface area contributed by atoms with Gasteiger partial charge in [0.05, 0.1) is 17.6 Å². The number of hydrogen-bond acceptors (Lipinski definition) is 4. The monoisotopic (exact) mass is 252 g/mol. The summed E-state index contributed by atoms with van der Waals surface area (Å²) in [5.41, 5.74) is -0.0150. The summed E-state index contributed by atoms with van der Waals surface area (Å²) in [7, 11) is -2.56. The molecule has 1 amide bonds. The first-order valence-electron chi connectivity index (χ1n) is 4.22. The predicted octanol–water partition coefficient (Wildman–Crippen LogP) is -3.29. The Labute approximate surface area is 115 Å². The fraction of sp³-hybridized carbons (Fsp3) is 0.429. The molecule has 1 N–H and O–H groups in total. The largest absolute Gasteiger partial charge is 1.00 e. The Hall–Kier alpha value is -0.410. The van der Waals surface area contributed by atoms with Gasteiger partial charge in [-0.15, -0.1) is 0 Å². The van der Waals surface area contributed by atoms with E-state index in [1.165, 1.54) is 9.58 Å². The average molecular weight is 252 g/mol. The summed E-state index contributed by atoms with van der Waals surface area (Å²) in [6, 6.07) is 0. The van der Waals surface area contributed by atoms with Gasteiger partial charge in [-0.05, 0) is 0 Å². The summed E-state index contributed by atoms with van der Waals surface area (Å²) in [6.45, 7) is 0.943. The molecule has 0 unspecified atom stereocenters. The van der Waals surface area contributed by atoms with Gasteiger partial charge in [0.2, 0.25) is 0 Å². The van der Waals surface area contributed by atoms with Crippen molar-refractivity contribution in [3.63, 3.8) is 0 Å². The number of nitrogens with zero attached hydrogens (tertiary/aromatic N) is 3. The Kier molecular flexibility index (Phi) is 3.80. The van der Waals surface area contributed by atoms with E-state index in [0.29, 0.717) is 13.1 Å². The predicted molar refractivity (Wildman–Crippen MR) is 50.7 cm³/mol. The van der Waals surface area contributed by atoms with Crippen LogP contribution in [0.25, 0.3) is 5.14 Å². The van der Waals surface area contributed by atoms with Crippen LogP contribution in [0.3, 0.4) is 0 Å². The molecule has 0 saturated heterocycles. The van der Waals surface area contributed by atoms with Crippen molar-refractivity contribution in [1.82, 2.24) is 14.7 Å². The molecule has 2 heterocycles. The van der Waals surface area contributed by atoms with E-state index in [2.05, 4.69) is 5.10 Å². The van der Waals surface area contributed by atoms with Gasteiger partial charge in [0.15, 0.2) is 0 Å². The van der Waals surface area contributed by atoms with Gasteiger partial charge in [-0.3, -0.25) is 9.48 Å². The van der Waals surface area contributed by atoms with Gasteiger partial charge >= 0.3 is 29.6 Å². The molecule has 0 aromatic carbocycles. The second-order valence-electron chi connectivity index (χ2n) is 3.31. The first kappa shape index (κ1) is 13.7. The molecule has 7 nitrogen and oxygen atoms in total. The van der Waals surface area contributed by atoms with Crippen LogP contribution in [-0.4, -0.2) is 42.6 Å². The number of nitrogens with one attached hydrogen (secondary N) is 1. The molecule has 1 aromatic heterocycles. The molecule has 0 radical (unpaired) electrons. The van der Waals surface area contributed by atoms with E-state index in [4.69, 9.17) is 5.14 Å². The van der Waals surface area contributed by atoms with Crippen LogP contribution in [0.4, 0.5) is 0 Å². The van der Waals surface area contributed by atoms with Crippen LogP contribution in [0.15, 0.2) is 11.1 Å². The van der Waals surface area contributed by atoms with Gasteiger partial charge in [0.1, 0.15) is 15.7 Å². The smallest absolute Gasteiger partial charge is 0.560 e. The Bertz CT molecular complexity index is 524. The number of rotatable bonds is 1. The minimum atomic E-state index is -4.14. The molecule has 0 atom stereocenters. The molecule has 16 heavy (non-hydrogen) atoms. The summed E-state index contributed by atoms with van der Waals surface area (Å²) < 4.78 is 23.4. The van der Waals surface area contributed by atoms with E-state index in [9.17, 15) is 13.2 Å². The average Bonchev–Trinajstić information content (AvgIpc) is 2.54. The zero-order valence-electron chi connectivity index (χ0n) is 8.97. The van der Waals surface area contributed by atoms with Crippen molar-refractivity contribution in [2.24, 2.45) is 0 Å². The second kappa shape index (κ2) is 4.46. The van der Waals surface area contributed by atoms with Crippen LogP contribution in [0, 0.1) is 0 Å². The fourth-order valence-electron chi connectivity index (χ4n) is 1.48. The Morgan fingerprint density at radius 2 is 2.06 bits per heavy atom. The van der Waals surface area contributed by atoms with Crippen LogP contribution in [0.5, 0.6) is 0 Å². The van der Waals surface area contributed by atoms with E-state index >= 15 is 0 Å². The molecule has 0 bridgehead atoms. The summed E-state index contributed by atoms with van der Waals surface area (Å²) in [4.78, 5) is 12.8. The van der Waals surface area contributed by atoms with Crippen LogP contribution >= 0.6 is 0 Å². The molecule has 2 rings (SSSR count). The maximum Gasteiger partial charge on any atom is 1.00 e. The molecule has 1 aliphatic heterocycles. The van der Waals surface area contributed by atoms with Crippen molar-refractivity contribution in [2.75, 3.05) is 13.6 Å². The van der Waals surface area contributed by atoms with E-state index in [1.54, 1.807) is 7.05 Å². The number of fused-ring (bicyclic) bond motifs is 1. The van der Waals surface area contributed by atoms with Gasteiger partial charge in [-0.25, -0.2) is 8.42 Å². The summed E-state index contributed by atoms with van der Waals surface area (Å²) in [5, 5.41) is 10.7. The Morgan fingerprint density at radius 3 is 2.62 bits per heavy atom. The number of likely N-dealkylation sites (N-methyl/N-ethyl adjacent to an activating group) is 1. The van der Waals surface area contributed by atoms with E-state index < -0.39 is 15.9 Å². The molecule has 1 aromatic rings. The molecule has 0 fully saturated rings. The standard InChI is InChI=1S/C7H9N4O3S.Na/c1-10-2-3-11-6(7(10)12)5(4-9-11)15(8,13)14;/h4H,2-3H2,1H3,(H-,8,13,14);/q-1;+1. The third-order valence-electron chi connectivity index (χ3n) is 2.29. The van der Waals surface area contributed by atoms with Crippen molar-refractivity contribution < 1.29 is 42.8 Å². The second-order valence-corrected chi connectivity index (χ2v) is 4.76. The molecule has 9 heteroatoms. The summed E-state index contributed by atoms with van der Waals surface area (Å²) in [5.74, 6) is -0.412. The molecule has 1 aliphatic rings. The SMILES string of the molecule is CN1CCn2ncc(S([NH-])(=O)=O)c2C1=O.[Na+]. The number of aromatic nitrogens is 2. The van der Waals surface area contributed by atoms with E-state index in [1.807, 2.05) is 0 Å². The third kappa shape index (κ3) is 2.16. The van der Waals surface area contributed by atoms with E-state index in [-0.39, 0.29) is 40.1 Å². The topological polar surface area (TPSA) is 96.1 Å². The zero-order chi connectivity index (χ0) is 11.2. The Morgan fingerprint density at radius 1 is 1.44 bits per heavy atom. The maximum absolute atomic E-state index is 11.7. The van der Waals surface area contributed by atoms with Gasteiger partial charge < -0.3 is 10.0 Å². The van der Waals surface area contributed by atoms with Gasteiger partial charge in [-0.1, -0.05) is 0 Å². The van der Waals surface area contributed by atoms with Crippen LogP contribution in [0.1, 0.15) is 10.5 Å². The number of hydrogen-bond donors (Lipinski definition) is 0. The van der Waals surface area contributed by atoms with Crippen LogP contribution in [0.2, 0.25) is 0 Å². The number of amides is 1. The summed E-state index contributed by atoms with van der Waals surface area (Å²) in [6.07, 6.45) is 1.05. The number of carbonyl (C=O) groups excluding carboxylic acids is 1. The van der Waals surface area contributed by atoms with Crippen molar-refractivity contribution in [2.45, 2.75) is 11.4 Å². The quantitative estimate of drug-likeness (QED) is 0.489. The Balaban J connectivity index is 0.00000128. The van der Waals surface area contributed by atoms with Crippen molar-refractivity contribution in [1.29, 1.82) is 0 Å². The van der Waals surface area contributed by atoms with Gasteiger partial charge in [0.25, 0.3) is 5.91 Å². The number of carbonyl (C=O) groups is 1. The molecular weight excluding hydrogens is 243 g/mol. The van der Waals surface area contributed by atoms with Crippen molar-refractivity contribution in [3.05, 3.63) is 17.0 Å². The van der Waals surface area contributed by atoms with Gasteiger partial charge in [-0.2, -0.15) is 5.10 Å². The number of sulfonamides is 1. The summed E-state index contributed by atoms with van der Waals surface area (Å²) >= 11 is 0. The van der Waals surface area contributed by atoms with Crippen molar-refractivity contribution >= 4 is 15.9 Å². The van der Waals surface area contributed by atoms with Gasteiger partial charge in [0, 0.05) is 13.6 Å². The third-order valence-corrected chi connectivity index (χ3v) is 3.17. The molecule has 0 aliphatic carbocycles. The van der Waals surface area contributed by atoms with Crippen LogP contribution < -0.4 is 29.6 Å². The minimum absolute atomic E-state index is 0. The van der Waals surface area contributed by atoms with Crippen molar-refractivity contribution in [3.8, 4) is 0 Å². The first-order chi connectivity index (χ1) is 6.91.